The lowest BCUT2D eigenvalue weighted by Crippen LogP contribution is -2.66. The number of hydrogen-bond donors (Lipinski definition) is 6. The van der Waals surface area contributed by atoms with Crippen LogP contribution in [0.3, 0.4) is 0 Å². The Bertz CT molecular complexity index is 1110. The fourth-order valence-electron chi connectivity index (χ4n) is 10.9. The van der Waals surface area contributed by atoms with E-state index in [2.05, 4.69) is 48.1 Å². The van der Waals surface area contributed by atoms with Crippen LogP contribution in [0.4, 0.5) is 0 Å². The van der Waals surface area contributed by atoms with E-state index in [0.29, 0.717) is 45.6 Å². The Labute approximate surface area is 440 Å². The summed E-state index contributed by atoms with van der Waals surface area (Å²) in [4.78, 5) is 30.6. The number of nitrogens with zero attached hydrogens (tertiary/aromatic N) is 2. The van der Waals surface area contributed by atoms with Gasteiger partial charge in [-0.25, -0.2) is 0 Å². The lowest BCUT2D eigenvalue weighted by atomic mass is 9.90. The Morgan fingerprint density at radius 1 is 0.451 bits per heavy atom. The molecule has 0 aromatic carbocycles. The SMILES string of the molecule is CCCCCCCCCCC(O)CN(CCCCC1NCC(C=O)(CCCCN(CC(O)CCCCCCCCCC)CC(O)CCCCCCCCCC)NC1=O)CC(O)CCCCCCCCCC. The molecule has 1 aliphatic heterocycles. The maximum absolute atomic E-state index is 13.5. The first-order valence-corrected chi connectivity index (χ1v) is 31.3. The lowest BCUT2D eigenvalue weighted by Gasteiger charge is -2.38. The van der Waals surface area contributed by atoms with Crippen LogP contribution in [-0.4, -0.2) is 124 Å². The van der Waals surface area contributed by atoms with Gasteiger partial charge in [0.1, 0.15) is 11.8 Å². The Balaban J connectivity index is 2.65. The van der Waals surface area contributed by atoms with E-state index in [-0.39, 0.29) is 11.9 Å². The number of aldehydes is 1. The molecule has 10 heteroatoms. The minimum absolute atomic E-state index is 0.114. The molecule has 1 rings (SSSR count). The van der Waals surface area contributed by atoms with Crippen molar-refractivity contribution in [1.29, 1.82) is 0 Å². The predicted octanol–water partition coefficient (Wildman–Crippen LogP) is 13.5. The van der Waals surface area contributed by atoms with E-state index in [9.17, 15) is 30.0 Å². The summed E-state index contributed by atoms with van der Waals surface area (Å²) in [5, 5.41) is 50.9. The van der Waals surface area contributed by atoms with Crippen LogP contribution < -0.4 is 10.6 Å². The van der Waals surface area contributed by atoms with Gasteiger partial charge in [0, 0.05) is 32.7 Å². The Hall–Kier alpha value is -1.14. The quantitative estimate of drug-likeness (QED) is 0.0259. The maximum atomic E-state index is 13.5. The number of nitrogens with one attached hydrogen (secondary N) is 2. The van der Waals surface area contributed by atoms with Crippen molar-refractivity contribution in [2.75, 3.05) is 45.8 Å². The number of carbonyl (C=O) groups excluding carboxylic acids is 2. The molecule has 71 heavy (non-hydrogen) atoms. The van der Waals surface area contributed by atoms with Crippen LogP contribution in [0.15, 0.2) is 0 Å². The number of aliphatic hydroxyl groups excluding tert-OH is 4. The van der Waals surface area contributed by atoms with Crippen molar-refractivity contribution in [3.8, 4) is 0 Å². The third-order valence-corrected chi connectivity index (χ3v) is 15.6. The zero-order chi connectivity index (χ0) is 51.9. The van der Waals surface area contributed by atoms with Crippen LogP contribution in [0.2, 0.25) is 0 Å². The minimum Gasteiger partial charge on any atom is -0.392 e. The fourth-order valence-corrected chi connectivity index (χ4v) is 10.9. The third-order valence-electron chi connectivity index (χ3n) is 15.6. The minimum atomic E-state index is -0.933. The maximum Gasteiger partial charge on any atom is 0.237 e. The molecule has 0 spiro atoms. The molecule has 0 radical (unpaired) electrons. The molecular weight excluding hydrogens is 885 g/mol. The predicted molar refractivity (Wildman–Crippen MR) is 302 cm³/mol. The van der Waals surface area contributed by atoms with Crippen molar-refractivity contribution >= 4 is 12.2 Å². The van der Waals surface area contributed by atoms with Gasteiger partial charge in [0.15, 0.2) is 0 Å². The third kappa shape index (κ3) is 39.9. The van der Waals surface area contributed by atoms with Crippen LogP contribution in [0.25, 0.3) is 0 Å². The molecule has 6 atom stereocenters. The topological polar surface area (TPSA) is 146 Å². The first kappa shape index (κ1) is 67.9. The zero-order valence-corrected chi connectivity index (χ0v) is 47.6. The van der Waals surface area contributed by atoms with Gasteiger partial charge in [0.25, 0.3) is 0 Å². The number of unbranched alkanes of at least 4 members (excludes halogenated alkanes) is 30. The average Bonchev–Trinajstić information content (AvgIpc) is 3.35. The first-order chi connectivity index (χ1) is 34.6. The molecule has 0 aliphatic carbocycles. The van der Waals surface area contributed by atoms with Gasteiger partial charge in [-0.15, -0.1) is 0 Å². The van der Waals surface area contributed by atoms with Crippen LogP contribution in [0, 0.1) is 0 Å². The van der Waals surface area contributed by atoms with Gasteiger partial charge in [-0.1, -0.05) is 240 Å². The summed E-state index contributed by atoms with van der Waals surface area (Å²) in [5.41, 5.74) is -0.933. The highest BCUT2D eigenvalue weighted by molar-refractivity contribution is 5.87. The Morgan fingerprint density at radius 3 is 1.04 bits per heavy atom. The summed E-state index contributed by atoms with van der Waals surface area (Å²) in [6.07, 6.45) is 46.8. The van der Waals surface area contributed by atoms with Crippen molar-refractivity contribution < 1.29 is 30.0 Å². The lowest BCUT2D eigenvalue weighted by molar-refractivity contribution is -0.131. The molecule has 422 valence electrons. The molecule has 0 bridgehead atoms. The zero-order valence-electron chi connectivity index (χ0n) is 47.6. The van der Waals surface area contributed by atoms with Gasteiger partial charge in [-0.05, 0) is 70.9 Å². The number of amides is 1. The van der Waals surface area contributed by atoms with Gasteiger partial charge in [0.05, 0.1) is 30.5 Å². The number of hydrogen-bond acceptors (Lipinski definition) is 9. The monoisotopic (exact) mass is 1010 g/mol. The fraction of sp³-hybridized carbons (Fsp3) is 0.967. The normalized spacial score (nSPS) is 18.1. The van der Waals surface area contributed by atoms with E-state index >= 15 is 0 Å². The summed E-state index contributed by atoms with van der Waals surface area (Å²) in [7, 11) is 0. The highest BCUT2D eigenvalue weighted by Crippen LogP contribution is 2.21. The van der Waals surface area contributed by atoms with Crippen LogP contribution in [0.5, 0.6) is 0 Å². The highest BCUT2D eigenvalue weighted by Gasteiger charge is 2.38. The van der Waals surface area contributed by atoms with Crippen molar-refractivity contribution in [1.82, 2.24) is 20.4 Å². The van der Waals surface area contributed by atoms with E-state index in [4.69, 9.17) is 0 Å². The van der Waals surface area contributed by atoms with Crippen molar-refractivity contribution in [2.24, 2.45) is 0 Å². The van der Waals surface area contributed by atoms with Crippen molar-refractivity contribution in [3.05, 3.63) is 0 Å². The van der Waals surface area contributed by atoms with Crippen LogP contribution in [0.1, 0.15) is 297 Å². The number of aliphatic hydroxyl groups is 4. The molecular formula is C61H122N4O6. The number of carbonyl (C=O) groups is 2. The standard InChI is InChI=1S/C61H122N4O6/c1-5-9-13-17-21-25-29-33-41-55(67)49-64(50-56(68)42-34-30-26-22-18-14-10-6-2)47-39-37-45-59-60(71)63-61(54-66,53-62-59)46-38-40-48-65(51-57(69)43-35-31-27-23-19-15-11-7-3)52-58(70)44-36-32-28-24-20-16-12-8-4/h54-59,62,67-70H,5-53H2,1-4H3,(H,63,71). The molecule has 1 fully saturated rings. The number of rotatable bonds is 55. The molecule has 6 unspecified atom stereocenters. The van der Waals surface area contributed by atoms with Crippen molar-refractivity contribution in [3.63, 3.8) is 0 Å². The van der Waals surface area contributed by atoms with E-state index in [1.165, 1.54) is 167 Å². The van der Waals surface area contributed by atoms with Gasteiger partial charge in [-0.2, -0.15) is 0 Å². The first-order valence-electron chi connectivity index (χ1n) is 31.3. The second-order valence-electron chi connectivity index (χ2n) is 22.8. The summed E-state index contributed by atoms with van der Waals surface area (Å²) >= 11 is 0. The van der Waals surface area contributed by atoms with Crippen molar-refractivity contribution in [2.45, 2.75) is 333 Å². The molecule has 1 amide bonds. The second-order valence-corrected chi connectivity index (χ2v) is 22.8. The molecule has 0 saturated carbocycles. The largest absolute Gasteiger partial charge is 0.392 e. The molecule has 1 saturated heterocycles. The average molecular weight is 1010 g/mol. The molecule has 0 aromatic rings. The number of piperazine rings is 1. The van der Waals surface area contributed by atoms with Gasteiger partial charge >= 0.3 is 0 Å². The molecule has 6 N–H and O–H groups in total. The molecule has 1 aliphatic rings. The van der Waals surface area contributed by atoms with Gasteiger partial charge in [-0.3, -0.25) is 14.6 Å². The Morgan fingerprint density at radius 2 is 0.746 bits per heavy atom. The smallest absolute Gasteiger partial charge is 0.237 e. The molecule has 0 aromatic heterocycles. The van der Waals surface area contributed by atoms with E-state index in [1.807, 2.05) is 0 Å². The van der Waals surface area contributed by atoms with Crippen LogP contribution in [-0.2, 0) is 9.59 Å². The highest BCUT2D eigenvalue weighted by atomic mass is 16.3. The summed E-state index contributed by atoms with van der Waals surface area (Å²) in [5.74, 6) is -0.114. The van der Waals surface area contributed by atoms with Gasteiger partial charge in [0.2, 0.25) is 5.91 Å². The molecule has 1 heterocycles. The summed E-state index contributed by atoms with van der Waals surface area (Å²) in [6.45, 7) is 13.2. The van der Waals surface area contributed by atoms with Crippen LogP contribution >= 0.6 is 0 Å². The summed E-state index contributed by atoms with van der Waals surface area (Å²) in [6, 6.07) is -0.350. The molecule has 10 nitrogen and oxygen atoms in total. The van der Waals surface area contributed by atoms with E-state index in [1.54, 1.807) is 0 Å². The van der Waals surface area contributed by atoms with Gasteiger partial charge < -0.3 is 35.9 Å². The summed E-state index contributed by atoms with van der Waals surface area (Å²) < 4.78 is 0. The second kappa shape index (κ2) is 48.5. The van der Waals surface area contributed by atoms with E-state index in [0.717, 1.165) is 109 Å². The van der Waals surface area contributed by atoms with E-state index < -0.39 is 30.0 Å². The Kier molecular flexibility index (Phi) is 46.4.